The van der Waals surface area contributed by atoms with E-state index in [1.807, 2.05) is 106 Å². The van der Waals surface area contributed by atoms with Crippen LogP contribution in [0.3, 0.4) is 0 Å². The molecule has 3 aromatic rings. The van der Waals surface area contributed by atoms with E-state index in [2.05, 4.69) is 16.0 Å². The predicted molar refractivity (Wildman–Crippen MR) is 173 cm³/mol. The number of hydrogen-bond acceptors (Lipinski definition) is 7. The van der Waals surface area contributed by atoms with E-state index in [-0.39, 0.29) is 30.9 Å². The van der Waals surface area contributed by atoms with Crippen LogP contribution in [0, 0.1) is 5.92 Å². The lowest BCUT2D eigenvalue weighted by Crippen LogP contribution is -2.55. The molecule has 238 valence electrons. The number of carbonyl (C=O) groups excluding carboxylic acids is 2. The van der Waals surface area contributed by atoms with Crippen molar-refractivity contribution in [2.75, 3.05) is 14.2 Å². The predicted octanol–water partition coefficient (Wildman–Crippen LogP) is 5.84. The van der Waals surface area contributed by atoms with Gasteiger partial charge in [-0.3, -0.25) is 19.5 Å². The summed E-state index contributed by atoms with van der Waals surface area (Å²) >= 11 is 0. The molecule has 3 rings (SSSR count). The molecule has 44 heavy (non-hydrogen) atoms. The summed E-state index contributed by atoms with van der Waals surface area (Å²) in [6.07, 6.45) is 1.12. The highest BCUT2D eigenvalue weighted by molar-refractivity contribution is 7.54. The highest BCUT2D eigenvalue weighted by Crippen LogP contribution is 2.54. The molecule has 9 nitrogen and oxygen atoms in total. The molecule has 0 saturated heterocycles. The van der Waals surface area contributed by atoms with Gasteiger partial charge in [-0.2, -0.15) is 0 Å². The highest BCUT2D eigenvalue weighted by atomic mass is 31.2. The summed E-state index contributed by atoms with van der Waals surface area (Å²) in [6, 6.07) is 24.7. The number of amides is 2. The van der Waals surface area contributed by atoms with Crippen LogP contribution in [-0.2, 0) is 42.8 Å². The van der Waals surface area contributed by atoms with E-state index in [1.54, 1.807) is 7.11 Å². The molecular formula is C34H46N3O6P. The molecule has 0 heterocycles. The van der Waals surface area contributed by atoms with Gasteiger partial charge < -0.3 is 24.4 Å². The number of methoxy groups -OCH3 is 1. The molecule has 3 N–H and O–H groups in total. The van der Waals surface area contributed by atoms with Gasteiger partial charge in [0, 0.05) is 13.5 Å². The lowest BCUT2D eigenvalue weighted by Gasteiger charge is -2.31. The van der Waals surface area contributed by atoms with Gasteiger partial charge in [0.1, 0.15) is 17.6 Å². The van der Waals surface area contributed by atoms with Crippen LogP contribution in [0.2, 0.25) is 0 Å². The Bertz CT molecular complexity index is 1290. The van der Waals surface area contributed by atoms with Crippen molar-refractivity contribution in [1.29, 1.82) is 0 Å². The molecule has 0 unspecified atom stereocenters. The number of ether oxygens (including phenoxy) is 1. The maximum absolute atomic E-state index is 14.5. The van der Waals surface area contributed by atoms with Crippen molar-refractivity contribution in [2.24, 2.45) is 5.92 Å². The number of rotatable bonds is 18. The normalized spacial score (nSPS) is 13.6. The fourth-order valence-electron chi connectivity index (χ4n) is 4.73. The highest BCUT2D eigenvalue weighted by Gasteiger charge is 2.38. The number of nitrogens with one attached hydrogen (secondary N) is 3. The zero-order chi connectivity index (χ0) is 32.0. The first-order valence-corrected chi connectivity index (χ1v) is 16.7. The Balaban J connectivity index is 1.83. The van der Waals surface area contributed by atoms with Crippen molar-refractivity contribution in [3.8, 4) is 5.75 Å². The maximum atomic E-state index is 14.5. The van der Waals surface area contributed by atoms with Gasteiger partial charge in [0.25, 0.3) is 0 Å². The van der Waals surface area contributed by atoms with Crippen LogP contribution in [0.5, 0.6) is 5.75 Å². The van der Waals surface area contributed by atoms with E-state index in [0.29, 0.717) is 25.0 Å². The second-order valence-corrected chi connectivity index (χ2v) is 13.3. The molecule has 0 aliphatic rings. The van der Waals surface area contributed by atoms with Crippen molar-refractivity contribution in [1.82, 2.24) is 16.0 Å². The molecular weight excluding hydrogens is 577 g/mol. The van der Waals surface area contributed by atoms with Gasteiger partial charge in [-0.25, -0.2) is 0 Å². The Morgan fingerprint density at radius 1 is 0.773 bits per heavy atom. The second-order valence-electron chi connectivity index (χ2n) is 11.1. The van der Waals surface area contributed by atoms with E-state index >= 15 is 0 Å². The number of carbonyl (C=O) groups is 2. The number of hydrogen-bond donors (Lipinski definition) is 3. The van der Waals surface area contributed by atoms with E-state index in [0.717, 1.165) is 16.7 Å². The first-order chi connectivity index (χ1) is 21.2. The molecule has 0 spiro atoms. The Morgan fingerprint density at radius 2 is 1.32 bits per heavy atom. The fourth-order valence-corrected chi connectivity index (χ4v) is 6.64. The van der Waals surface area contributed by atoms with E-state index < -0.39 is 25.5 Å². The van der Waals surface area contributed by atoms with Crippen LogP contribution in [0.1, 0.15) is 50.3 Å². The summed E-state index contributed by atoms with van der Waals surface area (Å²) < 4.78 is 31.9. The third-order valence-electron chi connectivity index (χ3n) is 7.17. The molecule has 0 saturated carbocycles. The van der Waals surface area contributed by atoms with Crippen molar-refractivity contribution in [3.05, 3.63) is 102 Å². The van der Waals surface area contributed by atoms with Gasteiger partial charge in [0.2, 0.25) is 11.8 Å². The summed E-state index contributed by atoms with van der Waals surface area (Å²) in [7, 11) is -0.673. The quantitative estimate of drug-likeness (QED) is 0.153. The standard InChI is InChI=1S/C34H46N3O6P/c1-6-32(44(40,42-23-27-13-9-7-10-14-27)43-24-28-15-11-8-12-16-28)36-30(21-25(2)3)34(39)37-31(33(38)35-4)22-26-17-19-29(41-5)20-18-26/h7-20,25,30-32,36H,6,21-24H2,1-5H3,(H,35,38)(H,37,39)/t30-,31-,32+/m0/s1. The van der Waals surface area contributed by atoms with Crippen LogP contribution in [0.25, 0.3) is 0 Å². The van der Waals surface area contributed by atoms with Crippen molar-refractivity contribution < 1.29 is 27.9 Å². The SMILES string of the molecule is CC[C@H](N[C@@H](CC(C)C)C(=O)N[C@@H](Cc1ccc(OC)cc1)C(=O)NC)P(=O)(OCc1ccccc1)OCc1ccccc1. The molecule has 2 amide bonds. The van der Waals surface area contributed by atoms with Crippen molar-refractivity contribution >= 4 is 19.4 Å². The smallest absolute Gasteiger partial charge is 0.348 e. The minimum Gasteiger partial charge on any atom is -0.497 e. The molecule has 3 aromatic carbocycles. The van der Waals surface area contributed by atoms with Gasteiger partial charge in [-0.05, 0) is 47.6 Å². The average molecular weight is 624 g/mol. The van der Waals surface area contributed by atoms with E-state index in [4.69, 9.17) is 13.8 Å². The van der Waals surface area contributed by atoms with Gasteiger partial charge in [0.05, 0.1) is 26.4 Å². The van der Waals surface area contributed by atoms with Gasteiger partial charge >= 0.3 is 7.60 Å². The molecule has 0 aliphatic carbocycles. The number of benzene rings is 3. The summed E-state index contributed by atoms with van der Waals surface area (Å²) in [4.78, 5) is 26.6. The van der Waals surface area contributed by atoms with Crippen LogP contribution in [-0.4, -0.2) is 43.8 Å². The van der Waals surface area contributed by atoms with Crippen molar-refractivity contribution in [3.63, 3.8) is 0 Å². The zero-order valence-corrected chi connectivity index (χ0v) is 27.2. The lowest BCUT2D eigenvalue weighted by atomic mass is 10.0. The van der Waals surface area contributed by atoms with Gasteiger partial charge in [-0.15, -0.1) is 0 Å². The Kier molecular flexibility index (Phi) is 14.1. The third kappa shape index (κ3) is 10.9. The zero-order valence-electron chi connectivity index (χ0n) is 26.3. The average Bonchev–Trinajstić information content (AvgIpc) is 3.05. The van der Waals surface area contributed by atoms with Crippen LogP contribution < -0.4 is 20.7 Å². The fraction of sp³-hybridized carbons (Fsp3) is 0.412. The molecule has 3 atom stereocenters. The summed E-state index contributed by atoms with van der Waals surface area (Å²) in [5.74, 6) is -0.617. The van der Waals surface area contributed by atoms with Gasteiger partial charge in [-0.1, -0.05) is 93.6 Å². The second kappa shape index (κ2) is 17.7. The van der Waals surface area contributed by atoms with Gasteiger partial charge in [0.15, 0.2) is 0 Å². The molecule has 0 aliphatic heterocycles. The first-order valence-electron chi connectivity index (χ1n) is 15.0. The van der Waals surface area contributed by atoms with Crippen LogP contribution in [0.4, 0.5) is 0 Å². The Labute approximate surface area is 261 Å². The minimum absolute atomic E-state index is 0.0900. The lowest BCUT2D eigenvalue weighted by molar-refractivity contribution is -0.130. The third-order valence-corrected chi connectivity index (χ3v) is 9.43. The van der Waals surface area contributed by atoms with E-state index in [1.165, 1.54) is 7.05 Å². The molecule has 0 radical (unpaired) electrons. The topological polar surface area (TPSA) is 115 Å². The molecule has 0 fully saturated rings. The summed E-state index contributed by atoms with van der Waals surface area (Å²) in [6.45, 7) is 6.07. The molecule has 0 bridgehead atoms. The van der Waals surface area contributed by atoms with Crippen molar-refractivity contribution in [2.45, 2.75) is 71.1 Å². The van der Waals surface area contributed by atoms with Crippen LogP contribution >= 0.6 is 7.60 Å². The van der Waals surface area contributed by atoms with Crippen LogP contribution in [0.15, 0.2) is 84.9 Å². The van der Waals surface area contributed by atoms with E-state index in [9.17, 15) is 14.2 Å². The maximum Gasteiger partial charge on any atom is 0.348 e. The monoisotopic (exact) mass is 623 g/mol. The first kappa shape index (κ1) is 35.0. The molecule has 0 aromatic heterocycles. The Morgan fingerprint density at radius 3 is 1.77 bits per heavy atom. The Hall–Kier alpha value is -3.49. The minimum atomic E-state index is -3.80. The molecule has 10 heteroatoms. The summed E-state index contributed by atoms with van der Waals surface area (Å²) in [5, 5.41) is 8.90. The number of likely N-dealkylation sites (N-methyl/N-ethyl adjacent to an activating group) is 1. The largest absolute Gasteiger partial charge is 0.497 e. The summed E-state index contributed by atoms with van der Waals surface area (Å²) in [5.41, 5.74) is 2.58.